The quantitative estimate of drug-likeness (QED) is 0.635. The second kappa shape index (κ2) is 8.98. The number of para-hydroxylation sites is 1. The minimum absolute atomic E-state index is 0.0187. The zero-order valence-corrected chi connectivity index (χ0v) is 18.4. The van der Waals surface area contributed by atoms with Crippen LogP contribution in [0.5, 0.6) is 0 Å². The average molecular weight is 463 g/mol. The second-order valence-corrected chi connectivity index (χ2v) is 9.97. The zero-order valence-electron chi connectivity index (χ0n) is 16.9. The normalized spacial score (nSPS) is 20.1. The van der Waals surface area contributed by atoms with Crippen molar-refractivity contribution in [3.05, 3.63) is 59.1 Å². The molecule has 4 rings (SSSR count). The van der Waals surface area contributed by atoms with Crippen LogP contribution in [0.25, 0.3) is 0 Å². The van der Waals surface area contributed by atoms with Gasteiger partial charge in [0.15, 0.2) is 11.9 Å². The molecule has 1 saturated heterocycles. The van der Waals surface area contributed by atoms with E-state index in [1.807, 2.05) is 30.3 Å². The fourth-order valence-electron chi connectivity index (χ4n) is 3.90. The first-order valence-corrected chi connectivity index (χ1v) is 12.0. The van der Waals surface area contributed by atoms with Gasteiger partial charge in [-0.2, -0.15) is 4.31 Å². The van der Waals surface area contributed by atoms with E-state index in [2.05, 4.69) is 4.90 Å². The molecule has 2 aromatic carbocycles. The number of halogens is 1. The van der Waals surface area contributed by atoms with Gasteiger partial charge in [-0.3, -0.25) is 4.79 Å². The number of ether oxygens (including phenoxy) is 1. The summed E-state index contributed by atoms with van der Waals surface area (Å²) in [6.45, 7) is 1.79. The molecular formula is C22H23ClN2O5S. The van der Waals surface area contributed by atoms with Gasteiger partial charge in [-0.25, -0.2) is 13.2 Å². The van der Waals surface area contributed by atoms with Gasteiger partial charge in [-0.1, -0.05) is 29.8 Å². The van der Waals surface area contributed by atoms with Gasteiger partial charge in [-0.15, -0.1) is 0 Å². The van der Waals surface area contributed by atoms with Gasteiger partial charge in [0.25, 0.3) is 0 Å². The number of esters is 1. The molecule has 2 aliphatic rings. The summed E-state index contributed by atoms with van der Waals surface area (Å²) in [5.41, 5.74) is 1.00. The first-order valence-electron chi connectivity index (χ1n) is 10.2. The van der Waals surface area contributed by atoms with E-state index in [1.165, 1.54) is 22.5 Å². The Bertz CT molecular complexity index is 1080. The lowest BCUT2D eigenvalue weighted by Crippen LogP contribution is -2.48. The molecule has 1 saturated carbocycles. The highest BCUT2D eigenvalue weighted by Gasteiger charge is 2.32. The molecule has 9 heteroatoms. The summed E-state index contributed by atoms with van der Waals surface area (Å²) in [6, 6.07) is 13.8. The van der Waals surface area contributed by atoms with Crippen molar-refractivity contribution in [1.82, 2.24) is 4.31 Å². The largest absolute Gasteiger partial charge is 0.451 e. The van der Waals surface area contributed by atoms with Gasteiger partial charge in [0, 0.05) is 38.3 Å². The Labute approximate surface area is 186 Å². The first kappa shape index (κ1) is 21.8. The maximum absolute atomic E-state index is 13.2. The van der Waals surface area contributed by atoms with Crippen LogP contribution in [-0.2, 0) is 19.6 Å². The summed E-state index contributed by atoms with van der Waals surface area (Å²) < 4.78 is 33.0. The predicted molar refractivity (Wildman–Crippen MR) is 117 cm³/mol. The summed E-state index contributed by atoms with van der Waals surface area (Å²) in [5, 5.41) is 0.0864. The van der Waals surface area contributed by atoms with Gasteiger partial charge in [0.2, 0.25) is 10.0 Å². The molecule has 164 valence electrons. The molecule has 0 amide bonds. The highest BCUT2D eigenvalue weighted by Crippen LogP contribution is 2.27. The molecular weight excluding hydrogens is 440 g/mol. The van der Waals surface area contributed by atoms with Crippen LogP contribution in [-0.4, -0.2) is 56.8 Å². The molecule has 0 bridgehead atoms. The van der Waals surface area contributed by atoms with Crippen LogP contribution in [0.3, 0.4) is 0 Å². The highest BCUT2D eigenvalue weighted by atomic mass is 35.5. The Kier molecular flexibility index (Phi) is 6.31. The molecule has 1 heterocycles. The average Bonchev–Trinajstić information content (AvgIpc) is 3.18. The lowest BCUT2D eigenvalue weighted by Gasteiger charge is -2.35. The maximum atomic E-state index is 13.2. The van der Waals surface area contributed by atoms with Crippen molar-refractivity contribution in [2.75, 3.05) is 31.1 Å². The summed E-state index contributed by atoms with van der Waals surface area (Å²) in [5.74, 6) is -0.902. The van der Waals surface area contributed by atoms with Crippen molar-refractivity contribution in [1.29, 1.82) is 0 Å². The van der Waals surface area contributed by atoms with E-state index in [1.54, 1.807) is 0 Å². The fourth-order valence-corrected chi connectivity index (χ4v) is 5.54. The monoisotopic (exact) mass is 462 g/mol. The number of ketones is 1. The molecule has 1 atom stereocenters. The Hall–Kier alpha value is -2.42. The lowest BCUT2D eigenvalue weighted by atomic mass is 10.2. The zero-order chi connectivity index (χ0) is 22.0. The molecule has 2 aromatic rings. The number of nitrogens with zero attached hydrogens (tertiary/aromatic N) is 2. The Balaban J connectivity index is 1.49. The number of hydrogen-bond acceptors (Lipinski definition) is 6. The van der Waals surface area contributed by atoms with Gasteiger partial charge in [0.05, 0.1) is 15.5 Å². The van der Waals surface area contributed by atoms with Crippen molar-refractivity contribution >= 4 is 39.1 Å². The minimum atomic E-state index is -3.81. The van der Waals surface area contributed by atoms with E-state index in [-0.39, 0.29) is 21.3 Å². The second-order valence-electron chi connectivity index (χ2n) is 7.62. The lowest BCUT2D eigenvalue weighted by molar-refractivity contribution is -0.124. The van der Waals surface area contributed by atoms with Crippen molar-refractivity contribution < 1.29 is 22.7 Å². The van der Waals surface area contributed by atoms with Crippen molar-refractivity contribution in [3.63, 3.8) is 0 Å². The number of anilines is 1. The number of Topliss-reactive ketones (excluding diaryl/α,β-unsaturated/α-hetero) is 1. The minimum Gasteiger partial charge on any atom is -0.451 e. The third-order valence-corrected chi connectivity index (χ3v) is 7.88. The molecule has 0 spiro atoms. The molecule has 0 aromatic heterocycles. The fraction of sp³-hybridized carbons (Fsp3) is 0.364. The molecule has 7 nitrogen and oxygen atoms in total. The van der Waals surface area contributed by atoms with Gasteiger partial charge >= 0.3 is 5.97 Å². The number of sulfonamides is 1. The molecule has 0 radical (unpaired) electrons. The smallest absolute Gasteiger partial charge is 0.340 e. The van der Waals surface area contributed by atoms with Crippen molar-refractivity contribution in [2.24, 2.45) is 0 Å². The van der Waals surface area contributed by atoms with E-state index in [0.717, 1.165) is 5.69 Å². The third-order valence-electron chi connectivity index (χ3n) is 5.65. The third kappa shape index (κ3) is 4.61. The van der Waals surface area contributed by atoms with Crippen molar-refractivity contribution in [2.45, 2.75) is 30.3 Å². The van der Waals surface area contributed by atoms with Crippen LogP contribution in [0.4, 0.5) is 5.69 Å². The van der Waals surface area contributed by atoms with Crippen LogP contribution >= 0.6 is 11.6 Å². The number of rotatable bonds is 5. The first-order chi connectivity index (χ1) is 14.9. The Morgan fingerprint density at radius 3 is 2.39 bits per heavy atom. The summed E-state index contributed by atoms with van der Waals surface area (Å²) in [6.07, 6.45) is 0.754. The maximum Gasteiger partial charge on any atom is 0.340 e. The van der Waals surface area contributed by atoms with E-state index in [4.69, 9.17) is 16.3 Å². The van der Waals surface area contributed by atoms with Crippen LogP contribution in [0.1, 0.15) is 29.6 Å². The summed E-state index contributed by atoms with van der Waals surface area (Å²) >= 11 is 6.13. The summed E-state index contributed by atoms with van der Waals surface area (Å²) in [4.78, 5) is 26.4. The number of carbonyl (C=O) groups excluding carboxylic acids is 2. The van der Waals surface area contributed by atoms with Crippen LogP contribution in [0, 0.1) is 0 Å². The number of carbonyl (C=O) groups is 2. The van der Waals surface area contributed by atoms with Crippen molar-refractivity contribution in [3.8, 4) is 0 Å². The number of hydrogen-bond donors (Lipinski definition) is 0. The highest BCUT2D eigenvalue weighted by molar-refractivity contribution is 7.89. The predicted octanol–water partition coefficient (Wildman–Crippen LogP) is 3.13. The Morgan fingerprint density at radius 2 is 1.74 bits per heavy atom. The van der Waals surface area contributed by atoms with E-state index < -0.39 is 22.1 Å². The van der Waals surface area contributed by atoms with E-state index in [9.17, 15) is 18.0 Å². The van der Waals surface area contributed by atoms with Gasteiger partial charge in [0.1, 0.15) is 0 Å². The molecule has 0 unspecified atom stereocenters. The molecule has 2 fully saturated rings. The summed E-state index contributed by atoms with van der Waals surface area (Å²) in [7, 11) is -3.81. The van der Waals surface area contributed by atoms with E-state index in [0.29, 0.717) is 45.4 Å². The topological polar surface area (TPSA) is 84.0 Å². The standard InChI is InChI=1S/C22H23ClN2O5S/c23-19-10-9-17(15-18(19)22(27)30-21-8-4-7-20(21)26)31(28,29)25-13-11-24(12-14-25)16-5-2-1-3-6-16/h1-3,5-6,9-10,15,21H,4,7-8,11-14H2/t21-/m0/s1. The molecule has 0 N–H and O–H groups in total. The number of benzene rings is 2. The molecule has 1 aliphatic carbocycles. The van der Waals surface area contributed by atoms with Gasteiger partial charge < -0.3 is 9.64 Å². The number of piperazine rings is 1. The Morgan fingerprint density at radius 1 is 1.03 bits per heavy atom. The van der Waals surface area contributed by atoms with Crippen LogP contribution in [0.15, 0.2) is 53.4 Å². The molecule has 1 aliphatic heterocycles. The van der Waals surface area contributed by atoms with Crippen LogP contribution in [0.2, 0.25) is 5.02 Å². The van der Waals surface area contributed by atoms with Gasteiger partial charge in [-0.05, 0) is 43.2 Å². The van der Waals surface area contributed by atoms with E-state index >= 15 is 0 Å². The SMILES string of the molecule is O=C(O[C@H]1CCCC1=O)c1cc(S(=O)(=O)N2CCN(c3ccccc3)CC2)ccc1Cl. The molecule has 31 heavy (non-hydrogen) atoms. The van der Waals surface area contributed by atoms with Crippen LogP contribution < -0.4 is 4.90 Å².